The van der Waals surface area contributed by atoms with Crippen LogP contribution < -0.4 is 5.32 Å². The highest BCUT2D eigenvalue weighted by atomic mass is 16.6. The van der Waals surface area contributed by atoms with E-state index in [0.717, 1.165) is 13.1 Å². The maximum absolute atomic E-state index is 11.7. The van der Waals surface area contributed by atoms with Gasteiger partial charge in [-0.05, 0) is 58.5 Å². The number of piperidine rings is 1. The molecule has 112 valence electrons. The molecule has 2 atom stereocenters. The Labute approximate surface area is 117 Å². The molecule has 1 fully saturated rings. The minimum atomic E-state index is -0.173. The molecule has 0 amide bonds. The monoisotopic (exact) mass is 271 g/mol. The molecule has 4 heteroatoms. The second-order valence-electron chi connectivity index (χ2n) is 6.47. The van der Waals surface area contributed by atoms with Gasteiger partial charge in [-0.15, -0.1) is 0 Å². The summed E-state index contributed by atoms with van der Waals surface area (Å²) < 4.78 is 10.7. The molecule has 1 aliphatic heterocycles. The van der Waals surface area contributed by atoms with Gasteiger partial charge in [0.15, 0.2) is 0 Å². The van der Waals surface area contributed by atoms with Crippen LogP contribution in [0.2, 0.25) is 0 Å². The number of hydrogen-bond donors (Lipinski definition) is 1. The predicted molar refractivity (Wildman–Crippen MR) is 76.0 cm³/mol. The molecule has 1 heterocycles. The summed E-state index contributed by atoms with van der Waals surface area (Å²) in [5.74, 6) is 0.895. The molecule has 0 aromatic rings. The van der Waals surface area contributed by atoms with Crippen molar-refractivity contribution in [3.8, 4) is 0 Å². The van der Waals surface area contributed by atoms with Gasteiger partial charge in [0, 0.05) is 6.42 Å². The van der Waals surface area contributed by atoms with Crippen LogP contribution in [0.3, 0.4) is 0 Å². The Morgan fingerprint density at radius 3 is 2.68 bits per heavy atom. The van der Waals surface area contributed by atoms with Gasteiger partial charge in [-0.2, -0.15) is 0 Å². The van der Waals surface area contributed by atoms with Crippen molar-refractivity contribution in [3.05, 3.63) is 0 Å². The summed E-state index contributed by atoms with van der Waals surface area (Å²) >= 11 is 0. The van der Waals surface area contributed by atoms with Gasteiger partial charge in [-0.25, -0.2) is 0 Å². The van der Waals surface area contributed by atoms with E-state index < -0.39 is 0 Å². The lowest BCUT2D eigenvalue weighted by Gasteiger charge is -2.27. The van der Waals surface area contributed by atoms with Gasteiger partial charge in [0.05, 0.1) is 12.2 Å². The Kier molecular flexibility index (Phi) is 6.80. The zero-order valence-electron chi connectivity index (χ0n) is 12.8. The Morgan fingerprint density at radius 2 is 2.11 bits per heavy atom. The van der Waals surface area contributed by atoms with E-state index in [0.29, 0.717) is 31.5 Å². The van der Waals surface area contributed by atoms with Gasteiger partial charge < -0.3 is 14.8 Å². The Morgan fingerprint density at radius 1 is 1.37 bits per heavy atom. The molecular weight excluding hydrogens is 242 g/mol. The van der Waals surface area contributed by atoms with Gasteiger partial charge >= 0.3 is 5.97 Å². The normalized spacial score (nSPS) is 22.0. The smallest absolute Gasteiger partial charge is 0.306 e. The third kappa shape index (κ3) is 7.53. The molecule has 0 radical (unpaired) electrons. The molecule has 0 saturated carbocycles. The van der Waals surface area contributed by atoms with Gasteiger partial charge in [-0.1, -0.05) is 6.92 Å². The highest BCUT2D eigenvalue weighted by molar-refractivity contribution is 5.69. The second kappa shape index (κ2) is 7.85. The lowest BCUT2D eigenvalue weighted by atomic mass is 9.85. The SMILES string of the molecule is CC(CC(=O)OCCOC(C)(C)C)C1CCCNC1. The lowest BCUT2D eigenvalue weighted by Crippen LogP contribution is -2.34. The summed E-state index contributed by atoms with van der Waals surface area (Å²) in [5, 5.41) is 3.39. The molecule has 1 rings (SSSR count). The zero-order valence-corrected chi connectivity index (χ0v) is 12.8. The van der Waals surface area contributed by atoms with Gasteiger partial charge in [0.2, 0.25) is 0 Å². The summed E-state index contributed by atoms with van der Waals surface area (Å²) in [6, 6.07) is 0. The number of carbonyl (C=O) groups excluding carboxylic acids is 1. The summed E-state index contributed by atoms with van der Waals surface area (Å²) in [6.45, 7) is 11.1. The van der Waals surface area contributed by atoms with E-state index in [-0.39, 0.29) is 11.6 Å². The van der Waals surface area contributed by atoms with Crippen molar-refractivity contribution < 1.29 is 14.3 Å². The third-order valence-corrected chi connectivity index (χ3v) is 3.51. The van der Waals surface area contributed by atoms with Gasteiger partial charge in [0.1, 0.15) is 6.61 Å². The van der Waals surface area contributed by atoms with Crippen LogP contribution >= 0.6 is 0 Å². The first-order chi connectivity index (χ1) is 8.88. The molecule has 0 spiro atoms. The molecule has 0 aliphatic carbocycles. The highest BCUT2D eigenvalue weighted by Gasteiger charge is 2.22. The van der Waals surface area contributed by atoms with Crippen molar-refractivity contribution >= 4 is 5.97 Å². The highest BCUT2D eigenvalue weighted by Crippen LogP contribution is 2.22. The van der Waals surface area contributed by atoms with E-state index in [4.69, 9.17) is 9.47 Å². The van der Waals surface area contributed by atoms with Crippen LogP contribution in [-0.2, 0) is 14.3 Å². The maximum atomic E-state index is 11.7. The molecule has 2 unspecified atom stereocenters. The summed E-state index contributed by atoms with van der Waals surface area (Å²) in [7, 11) is 0. The first-order valence-electron chi connectivity index (χ1n) is 7.39. The third-order valence-electron chi connectivity index (χ3n) is 3.51. The van der Waals surface area contributed by atoms with E-state index in [9.17, 15) is 4.79 Å². The first-order valence-corrected chi connectivity index (χ1v) is 7.39. The van der Waals surface area contributed by atoms with Crippen LogP contribution in [0.5, 0.6) is 0 Å². The molecule has 4 nitrogen and oxygen atoms in total. The van der Waals surface area contributed by atoms with E-state index in [2.05, 4.69) is 12.2 Å². The molecule has 1 saturated heterocycles. The fourth-order valence-electron chi connectivity index (χ4n) is 2.36. The number of esters is 1. The number of ether oxygens (including phenoxy) is 2. The average Bonchev–Trinajstić information content (AvgIpc) is 2.34. The van der Waals surface area contributed by atoms with Crippen LogP contribution in [-0.4, -0.2) is 37.9 Å². The molecule has 1 N–H and O–H groups in total. The van der Waals surface area contributed by atoms with E-state index in [1.807, 2.05) is 20.8 Å². The second-order valence-corrected chi connectivity index (χ2v) is 6.47. The number of rotatable bonds is 6. The fraction of sp³-hybridized carbons (Fsp3) is 0.933. The van der Waals surface area contributed by atoms with Gasteiger partial charge in [-0.3, -0.25) is 4.79 Å². The van der Waals surface area contributed by atoms with E-state index in [1.54, 1.807) is 0 Å². The summed E-state index contributed by atoms with van der Waals surface area (Å²) in [6.07, 6.45) is 2.94. The largest absolute Gasteiger partial charge is 0.463 e. The Bertz CT molecular complexity index is 267. The van der Waals surface area contributed by atoms with Crippen LogP contribution in [0.15, 0.2) is 0 Å². The summed E-state index contributed by atoms with van der Waals surface area (Å²) in [4.78, 5) is 11.7. The molecule has 0 bridgehead atoms. The van der Waals surface area contributed by atoms with Crippen molar-refractivity contribution in [2.24, 2.45) is 11.8 Å². The lowest BCUT2D eigenvalue weighted by molar-refractivity contribution is -0.148. The van der Waals surface area contributed by atoms with Crippen molar-refractivity contribution in [1.29, 1.82) is 0 Å². The Hall–Kier alpha value is -0.610. The van der Waals surface area contributed by atoms with Crippen molar-refractivity contribution in [1.82, 2.24) is 5.32 Å². The van der Waals surface area contributed by atoms with Gasteiger partial charge in [0.25, 0.3) is 0 Å². The molecule has 0 aromatic carbocycles. The van der Waals surface area contributed by atoms with Crippen LogP contribution in [0.4, 0.5) is 0 Å². The number of carbonyl (C=O) groups is 1. The molecular formula is C15H29NO3. The Balaban J connectivity index is 2.12. The van der Waals surface area contributed by atoms with Crippen LogP contribution in [0.1, 0.15) is 47.0 Å². The quantitative estimate of drug-likeness (QED) is 0.595. The minimum Gasteiger partial charge on any atom is -0.463 e. The van der Waals surface area contributed by atoms with E-state index >= 15 is 0 Å². The number of nitrogens with one attached hydrogen (secondary N) is 1. The standard InChI is InChI=1S/C15H29NO3/c1-12(13-6-5-7-16-11-13)10-14(17)18-8-9-19-15(2,3)4/h12-13,16H,5-11H2,1-4H3. The molecule has 19 heavy (non-hydrogen) atoms. The molecule has 1 aliphatic rings. The van der Waals surface area contributed by atoms with Crippen molar-refractivity contribution in [2.75, 3.05) is 26.3 Å². The topological polar surface area (TPSA) is 47.6 Å². The van der Waals surface area contributed by atoms with E-state index in [1.165, 1.54) is 12.8 Å². The predicted octanol–water partition coefficient (Wildman–Crippen LogP) is 2.37. The van der Waals surface area contributed by atoms with Crippen molar-refractivity contribution in [3.63, 3.8) is 0 Å². The summed E-state index contributed by atoms with van der Waals surface area (Å²) in [5.41, 5.74) is -0.173. The minimum absolute atomic E-state index is 0.101. The average molecular weight is 271 g/mol. The van der Waals surface area contributed by atoms with Crippen molar-refractivity contribution in [2.45, 2.75) is 52.6 Å². The first kappa shape index (κ1) is 16.4. The zero-order chi connectivity index (χ0) is 14.3. The molecule has 0 aromatic heterocycles. The van der Waals surface area contributed by atoms with Crippen LogP contribution in [0.25, 0.3) is 0 Å². The maximum Gasteiger partial charge on any atom is 0.306 e. The van der Waals surface area contributed by atoms with Crippen LogP contribution in [0, 0.1) is 11.8 Å². The fourth-order valence-corrected chi connectivity index (χ4v) is 2.36. The number of hydrogen-bond acceptors (Lipinski definition) is 4.